The minimum absolute atomic E-state index is 0.276. The summed E-state index contributed by atoms with van der Waals surface area (Å²) in [5, 5.41) is 0. The third-order valence-corrected chi connectivity index (χ3v) is 4.20. The molecule has 1 fully saturated rings. The molecule has 0 saturated carbocycles. The lowest BCUT2D eigenvalue weighted by molar-refractivity contribution is -0.230. The Kier molecular flexibility index (Phi) is 2.99. The summed E-state index contributed by atoms with van der Waals surface area (Å²) < 4.78 is 5.46. The maximum absolute atomic E-state index is 5.69. The van der Waals surface area contributed by atoms with E-state index in [4.69, 9.17) is 10.5 Å². The van der Waals surface area contributed by atoms with Crippen LogP contribution in [0.15, 0.2) is 0 Å². The van der Waals surface area contributed by atoms with Crippen LogP contribution in [0.4, 0.5) is 0 Å². The van der Waals surface area contributed by atoms with Crippen LogP contribution in [0.2, 0.25) is 0 Å². The highest BCUT2D eigenvalue weighted by Gasteiger charge is 2.57. The molecule has 1 aliphatic heterocycles. The molecule has 1 aliphatic rings. The van der Waals surface area contributed by atoms with E-state index in [0.29, 0.717) is 10.8 Å². The predicted molar refractivity (Wildman–Crippen MR) is 60.2 cm³/mol. The van der Waals surface area contributed by atoms with Gasteiger partial charge in [0.25, 0.3) is 0 Å². The van der Waals surface area contributed by atoms with E-state index in [-0.39, 0.29) is 5.41 Å². The van der Waals surface area contributed by atoms with Crippen molar-refractivity contribution >= 4 is 0 Å². The molecule has 84 valence electrons. The third-order valence-electron chi connectivity index (χ3n) is 4.20. The minimum Gasteiger partial charge on any atom is -0.380 e. The third kappa shape index (κ3) is 1.59. The fourth-order valence-electron chi connectivity index (χ4n) is 2.75. The molecular formula is C12H25NO. The van der Waals surface area contributed by atoms with E-state index in [0.717, 1.165) is 26.2 Å². The molecule has 1 rings (SSSR count). The first-order chi connectivity index (χ1) is 6.27. The van der Waals surface area contributed by atoms with Gasteiger partial charge in [0.2, 0.25) is 0 Å². The maximum Gasteiger partial charge on any atom is 0.0555 e. The lowest BCUT2D eigenvalue weighted by Crippen LogP contribution is -2.60. The van der Waals surface area contributed by atoms with E-state index < -0.39 is 0 Å². The zero-order chi connectivity index (χ0) is 11.0. The fraction of sp³-hybridized carbons (Fsp3) is 1.00. The Hall–Kier alpha value is -0.0800. The Morgan fingerprint density at radius 1 is 1.14 bits per heavy atom. The van der Waals surface area contributed by atoms with E-state index in [1.54, 1.807) is 0 Å². The zero-order valence-electron chi connectivity index (χ0n) is 10.3. The summed E-state index contributed by atoms with van der Waals surface area (Å²) in [6, 6.07) is 0. The van der Waals surface area contributed by atoms with Crippen LogP contribution in [-0.2, 0) is 4.74 Å². The van der Waals surface area contributed by atoms with E-state index in [9.17, 15) is 0 Å². The molecular weight excluding hydrogens is 174 g/mol. The molecule has 0 aliphatic carbocycles. The zero-order valence-corrected chi connectivity index (χ0v) is 10.3. The molecule has 0 radical (unpaired) electrons. The normalized spacial score (nSPS) is 21.9. The Morgan fingerprint density at radius 3 is 1.86 bits per heavy atom. The van der Waals surface area contributed by atoms with Gasteiger partial charge in [-0.3, -0.25) is 0 Å². The standard InChI is InChI=1S/C12H25NO/c1-10(2,3)12(8-14-9-12)11(4,5)6-7-13/h6-9,13H2,1-5H3. The van der Waals surface area contributed by atoms with Crippen LogP contribution < -0.4 is 5.73 Å². The van der Waals surface area contributed by atoms with Crippen molar-refractivity contribution in [3.8, 4) is 0 Å². The Bertz CT molecular complexity index is 199. The van der Waals surface area contributed by atoms with Crippen molar-refractivity contribution in [2.75, 3.05) is 19.8 Å². The summed E-state index contributed by atoms with van der Waals surface area (Å²) in [4.78, 5) is 0. The van der Waals surface area contributed by atoms with E-state index in [2.05, 4.69) is 34.6 Å². The summed E-state index contributed by atoms with van der Waals surface area (Å²) in [6.07, 6.45) is 1.08. The van der Waals surface area contributed by atoms with Crippen LogP contribution in [-0.4, -0.2) is 19.8 Å². The molecule has 0 unspecified atom stereocenters. The van der Waals surface area contributed by atoms with Crippen molar-refractivity contribution in [2.45, 2.75) is 41.0 Å². The lowest BCUT2D eigenvalue weighted by atomic mass is 9.51. The van der Waals surface area contributed by atoms with Gasteiger partial charge in [0.1, 0.15) is 0 Å². The molecule has 0 atom stereocenters. The van der Waals surface area contributed by atoms with Crippen molar-refractivity contribution in [3.05, 3.63) is 0 Å². The average Bonchev–Trinajstić information content (AvgIpc) is 1.76. The Balaban J connectivity index is 2.90. The van der Waals surface area contributed by atoms with Crippen LogP contribution in [0.3, 0.4) is 0 Å². The molecule has 0 amide bonds. The number of hydrogen-bond acceptors (Lipinski definition) is 2. The van der Waals surface area contributed by atoms with Crippen LogP contribution in [0, 0.1) is 16.2 Å². The Morgan fingerprint density at radius 2 is 1.64 bits per heavy atom. The summed E-state index contributed by atoms with van der Waals surface area (Å²) >= 11 is 0. The van der Waals surface area contributed by atoms with Gasteiger partial charge >= 0.3 is 0 Å². The summed E-state index contributed by atoms with van der Waals surface area (Å²) in [5.41, 5.74) is 6.57. The fourth-order valence-corrected chi connectivity index (χ4v) is 2.75. The van der Waals surface area contributed by atoms with E-state index in [1.165, 1.54) is 0 Å². The quantitative estimate of drug-likeness (QED) is 0.757. The summed E-state index contributed by atoms with van der Waals surface area (Å²) in [6.45, 7) is 14.1. The molecule has 0 aromatic rings. The number of hydrogen-bond donors (Lipinski definition) is 1. The van der Waals surface area contributed by atoms with Crippen molar-refractivity contribution in [1.82, 2.24) is 0 Å². The summed E-state index contributed by atoms with van der Waals surface area (Å²) in [7, 11) is 0. The van der Waals surface area contributed by atoms with Gasteiger partial charge < -0.3 is 10.5 Å². The summed E-state index contributed by atoms with van der Waals surface area (Å²) in [5.74, 6) is 0. The molecule has 0 spiro atoms. The van der Waals surface area contributed by atoms with E-state index in [1.807, 2.05) is 0 Å². The molecule has 1 heterocycles. The topological polar surface area (TPSA) is 35.2 Å². The number of nitrogens with two attached hydrogens (primary N) is 1. The molecule has 1 saturated heterocycles. The van der Waals surface area contributed by atoms with Gasteiger partial charge in [-0.2, -0.15) is 0 Å². The molecule has 2 heteroatoms. The second kappa shape index (κ2) is 3.49. The average molecular weight is 199 g/mol. The SMILES string of the molecule is CC(C)(C)C1(C(C)(C)CCN)COC1. The maximum atomic E-state index is 5.69. The molecule has 2 nitrogen and oxygen atoms in total. The van der Waals surface area contributed by atoms with Crippen LogP contribution in [0.25, 0.3) is 0 Å². The number of rotatable bonds is 3. The van der Waals surface area contributed by atoms with Gasteiger partial charge in [-0.1, -0.05) is 34.6 Å². The van der Waals surface area contributed by atoms with Crippen LogP contribution >= 0.6 is 0 Å². The Labute approximate surface area is 88.2 Å². The minimum atomic E-state index is 0.276. The number of ether oxygens (including phenoxy) is 1. The monoisotopic (exact) mass is 199 g/mol. The molecule has 0 bridgehead atoms. The molecule has 2 N–H and O–H groups in total. The van der Waals surface area contributed by atoms with E-state index >= 15 is 0 Å². The van der Waals surface area contributed by atoms with Gasteiger partial charge in [0.05, 0.1) is 13.2 Å². The smallest absolute Gasteiger partial charge is 0.0555 e. The van der Waals surface area contributed by atoms with Gasteiger partial charge in [-0.05, 0) is 23.8 Å². The molecule has 0 aromatic carbocycles. The molecule has 14 heavy (non-hydrogen) atoms. The first kappa shape index (κ1) is 12.0. The van der Waals surface area contributed by atoms with Crippen molar-refractivity contribution in [2.24, 2.45) is 22.0 Å². The van der Waals surface area contributed by atoms with Crippen LogP contribution in [0.5, 0.6) is 0 Å². The van der Waals surface area contributed by atoms with Crippen molar-refractivity contribution in [1.29, 1.82) is 0 Å². The first-order valence-corrected chi connectivity index (χ1v) is 5.55. The highest BCUT2D eigenvalue weighted by atomic mass is 16.5. The van der Waals surface area contributed by atoms with Crippen molar-refractivity contribution < 1.29 is 4.74 Å². The predicted octanol–water partition coefficient (Wildman–Crippen LogP) is 2.42. The second-order valence-corrected chi connectivity index (χ2v) is 6.25. The second-order valence-electron chi connectivity index (χ2n) is 6.25. The largest absolute Gasteiger partial charge is 0.380 e. The lowest BCUT2D eigenvalue weighted by Gasteiger charge is -2.60. The van der Waals surface area contributed by atoms with Crippen molar-refractivity contribution in [3.63, 3.8) is 0 Å². The highest BCUT2D eigenvalue weighted by Crippen LogP contribution is 2.57. The first-order valence-electron chi connectivity index (χ1n) is 5.55. The van der Waals surface area contributed by atoms with Gasteiger partial charge in [0, 0.05) is 5.41 Å². The van der Waals surface area contributed by atoms with Gasteiger partial charge in [-0.25, -0.2) is 0 Å². The van der Waals surface area contributed by atoms with Crippen LogP contribution in [0.1, 0.15) is 41.0 Å². The van der Waals surface area contributed by atoms with Gasteiger partial charge in [-0.15, -0.1) is 0 Å². The molecule has 0 aromatic heterocycles. The highest BCUT2D eigenvalue weighted by molar-refractivity contribution is 5.04. The van der Waals surface area contributed by atoms with Gasteiger partial charge in [0.15, 0.2) is 0 Å².